The number of alkyl halides is 9. The molecule has 0 radical (unpaired) electrons. The molecule has 2 N–H and O–H groups in total. The lowest BCUT2D eigenvalue weighted by atomic mass is 9.61. The smallest absolute Gasteiger partial charge is 0.426 e. The van der Waals surface area contributed by atoms with Crippen molar-refractivity contribution in [2.24, 2.45) is 11.8 Å². The van der Waals surface area contributed by atoms with Crippen LogP contribution < -0.4 is 0 Å². The molecule has 0 amide bonds. The van der Waals surface area contributed by atoms with Gasteiger partial charge in [-0.05, 0) is 26.2 Å². The van der Waals surface area contributed by atoms with E-state index in [-0.39, 0.29) is 6.92 Å². The molecule has 2 rings (SSSR count). The predicted molar refractivity (Wildman–Crippen MR) is 73.0 cm³/mol. The second-order valence-electron chi connectivity index (χ2n) is 7.62. The molecule has 0 aromatic heterocycles. The van der Waals surface area contributed by atoms with Crippen molar-refractivity contribution in [1.82, 2.24) is 0 Å². The molecule has 1 heterocycles. The molecule has 1 aliphatic carbocycles. The van der Waals surface area contributed by atoms with Crippen LogP contribution in [-0.2, 0) is 14.3 Å². The maximum Gasteiger partial charge on any atom is 0.426 e. The summed E-state index contributed by atoms with van der Waals surface area (Å²) in [5.74, 6) is -8.29. The van der Waals surface area contributed by atoms with E-state index in [4.69, 9.17) is 0 Å². The van der Waals surface area contributed by atoms with Crippen molar-refractivity contribution in [3.8, 4) is 0 Å². The van der Waals surface area contributed by atoms with Crippen molar-refractivity contribution in [2.45, 2.75) is 67.9 Å². The molecule has 0 aromatic carbocycles. The minimum atomic E-state index is -6.35. The summed E-state index contributed by atoms with van der Waals surface area (Å²) < 4.78 is 124. The number of carbonyl (C=O) groups is 2. The molecule has 2 aliphatic rings. The van der Waals surface area contributed by atoms with Crippen molar-refractivity contribution in [2.75, 3.05) is 0 Å². The fraction of sp³-hybridized carbons (Fsp3) is 0.867. The summed E-state index contributed by atoms with van der Waals surface area (Å²) in [4.78, 5) is 22.9. The molecule has 0 bridgehead atoms. The minimum absolute atomic E-state index is 0.145. The molecule has 1 saturated heterocycles. The third-order valence-corrected chi connectivity index (χ3v) is 5.65. The van der Waals surface area contributed by atoms with Crippen LogP contribution >= 0.6 is 0 Å². The number of esters is 1. The van der Waals surface area contributed by atoms with E-state index in [9.17, 15) is 59.3 Å². The fourth-order valence-electron chi connectivity index (χ4n) is 3.98. The van der Waals surface area contributed by atoms with E-state index in [1.165, 1.54) is 0 Å². The number of hydrogen-bond acceptors (Lipinski definition) is 5. The number of ketones is 1. The lowest BCUT2D eigenvalue weighted by molar-refractivity contribution is -0.393. The lowest BCUT2D eigenvalue weighted by Crippen LogP contribution is -2.65. The highest BCUT2D eigenvalue weighted by molar-refractivity contribution is 6.35. The van der Waals surface area contributed by atoms with E-state index in [1.807, 2.05) is 0 Å². The Kier molecular flexibility index (Phi) is 5.28. The van der Waals surface area contributed by atoms with E-state index in [2.05, 4.69) is 4.74 Å². The van der Waals surface area contributed by atoms with Gasteiger partial charge in [0.1, 0.15) is 5.60 Å². The van der Waals surface area contributed by atoms with E-state index in [0.717, 1.165) is 0 Å². The van der Waals surface area contributed by atoms with E-state index in [0.29, 0.717) is 0 Å². The fourth-order valence-corrected chi connectivity index (χ4v) is 3.98. The molecule has 0 aromatic rings. The summed E-state index contributed by atoms with van der Waals surface area (Å²) in [7, 11) is 0. The summed E-state index contributed by atoms with van der Waals surface area (Å²) >= 11 is 0. The Hall–Kier alpha value is -1.57. The summed E-state index contributed by atoms with van der Waals surface area (Å²) in [5, 5.41) is 19.5. The maximum atomic E-state index is 13.2. The molecule has 14 heteroatoms. The largest absolute Gasteiger partial charge is 0.453 e. The molecule has 168 valence electrons. The zero-order valence-corrected chi connectivity index (χ0v) is 14.5. The second-order valence-corrected chi connectivity index (χ2v) is 7.62. The molecule has 1 aliphatic heterocycles. The van der Waals surface area contributed by atoms with E-state index < -0.39 is 84.6 Å². The highest BCUT2D eigenvalue weighted by Gasteiger charge is 2.76. The molecule has 1 spiro atoms. The first-order chi connectivity index (χ1) is 12.7. The van der Waals surface area contributed by atoms with Gasteiger partial charge in [0.2, 0.25) is 5.78 Å². The van der Waals surface area contributed by atoms with Crippen LogP contribution in [0.4, 0.5) is 39.5 Å². The summed E-state index contributed by atoms with van der Waals surface area (Å²) in [5.41, 5.74) is -11.7. The number of carbonyl (C=O) groups excluding carboxylic acids is 2. The van der Waals surface area contributed by atoms with Crippen LogP contribution in [0, 0.1) is 11.8 Å². The minimum Gasteiger partial charge on any atom is -0.453 e. The highest BCUT2D eigenvalue weighted by atomic mass is 19.4. The zero-order chi connectivity index (χ0) is 22.8. The standard InChI is InChI=1S/C15H15F9O5/c1-10(27,13(16,17)18)6-2-7(12(28,14(19,20)21)15(22,23)24)4-11(3-6)5-8(25)9(26)29-11/h6-7,27-28H,2-5H2,1H3. The number of rotatable bonds is 2. The lowest BCUT2D eigenvalue weighted by Gasteiger charge is -2.50. The van der Waals surface area contributed by atoms with Gasteiger partial charge in [-0.1, -0.05) is 0 Å². The molecule has 5 nitrogen and oxygen atoms in total. The first kappa shape index (κ1) is 23.7. The third kappa shape index (κ3) is 3.68. The quantitative estimate of drug-likeness (QED) is 0.387. The van der Waals surface area contributed by atoms with Gasteiger partial charge in [-0.25, -0.2) is 4.79 Å². The van der Waals surface area contributed by atoms with Crippen molar-refractivity contribution < 1.29 is 64.1 Å². The Morgan fingerprint density at radius 3 is 1.66 bits per heavy atom. The van der Waals surface area contributed by atoms with Crippen LogP contribution in [0.2, 0.25) is 0 Å². The molecular weight excluding hydrogens is 431 g/mol. The second kappa shape index (κ2) is 6.46. The number of Topliss-reactive ketones (excluding diaryl/α,β-unsaturated/α-hetero) is 1. The van der Waals surface area contributed by atoms with Crippen LogP contribution in [-0.4, -0.2) is 57.3 Å². The van der Waals surface area contributed by atoms with Gasteiger partial charge in [0.15, 0.2) is 5.60 Å². The summed E-state index contributed by atoms with van der Waals surface area (Å²) in [6.07, 6.45) is -23.2. The van der Waals surface area contributed by atoms with Gasteiger partial charge in [0.05, 0.1) is 6.42 Å². The van der Waals surface area contributed by atoms with Crippen LogP contribution in [0.5, 0.6) is 0 Å². The van der Waals surface area contributed by atoms with Gasteiger partial charge >= 0.3 is 24.5 Å². The third-order valence-electron chi connectivity index (χ3n) is 5.65. The van der Waals surface area contributed by atoms with Gasteiger partial charge in [-0.3, -0.25) is 4.79 Å². The molecule has 1 saturated carbocycles. The monoisotopic (exact) mass is 446 g/mol. The maximum absolute atomic E-state index is 13.2. The predicted octanol–water partition coefficient (Wildman–Crippen LogP) is 2.83. The van der Waals surface area contributed by atoms with Crippen LogP contribution in [0.15, 0.2) is 0 Å². The van der Waals surface area contributed by atoms with Gasteiger partial charge in [-0.15, -0.1) is 0 Å². The van der Waals surface area contributed by atoms with Crippen molar-refractivity contribution in [1.29, 1.82) is 0 Å². The Labute approximate surface area is 156 Å². The average molecular weight is 446 g/mol. The van der Waals surface area contributed by atoms with E-state index >= 15 is 0 Å². The van der Waals surface area contributed by atoms with Crippen LogP contribution in [0.1, 0.15) is 32.6 Å². The molecule has 29 heavy (non-hydrogen) atoms. The SMILES string of the molecule is CC(O)(C1CC(C(O)(C(F)(F)F)C(F)(F)F)CC2(CC(=O)C(=O)O2)C1)C(F)(F)F. The van der Waals surface area contributed by atoms with E-state index in [1.54, 1.807) is 0 Å². The van der Waals surface area contributed by atoms with Crippen LogP contribution in [0.25, 0.3) is 0 Å². The Morgan fingerprint density at radius 2 is 1.31 bits per heavy atom. The number of aliphatic hydroxyl groups is 2. The van der Waals surface area contributed by atoms with Crippen molar-refractivity contribution in [3.05, 3.63) is 0 Å². The summed E-state index contributed by atoms with van der Waals surface area (Å²) in [6, 6.07) is 0. The van der Waals surface area contributed by atoms with Crippen molar-refractivity contribution >= 4 is 11.8 Å². The molecule has 4 unspecified atom stereocenters. The Bertz CT molecular complexity index is 662. The van der Waals surface area contributed by atoms with Gasteiger partial charge in [0.25, 0.3) is 5.60 Å². The molecule has 4 atom stereocenters. The average Bonchev–Trinajstić information content (AvgIpc) is 2.75. The normalized spacial score (nSPS) is 31.7. The summed E-state index contributed by atoms with van der Waals surface area (Å²) in [6.45, 7) is 0.145. The molecular formula is C15H15F9O5. The first-order valence-electron chi connectivity index (χ1n) is 8.09. The van der Waals surface area contributed by atoms with Gasteiger partial charge < -0.3 is 14.9 Å². The number of hydrogen-bond donors (Lipinski definition) is 2. The Morgan fingerprint density at radius 1 is 0.862 bits per heavy atom. The number of halogens is 9. The first-order valence-corrected chi connectivity index (χ1v) is 8.09. The topological polar surface area (TPSA) is 83.8 Å². The number of ether oxygens (including phenoxy) is 1. The van der Waals surface area contributed by atoms with Crippen LogP contribution in [0.3, 0.4) is 0 Å². The van der Waals surface area contributed by atoms with Crippen molar-refractivity contribution in [3.63, 3.8) is 0 Å². The van der Waals surface area contributed by atoms with Gasteiger partial charge in [-0.2, -0.15) is 39.5 Å². The molecule has 2 fully saturated rings. The Balaban J connectivity index is 2.61. The van der Waals surface area contributed by atoms with Gasteiger partial charge in [0, 0.05) is 11.8 Å². The zero-order valence-electron chi connectivity index (χ0n) is 14.5. The highest BCUT2D eigenvalue weighted by Crippen LogP contribution is 2.58.